The van der Waals surface area contributed by atoms with E-state index in [-0.39, 0.29) is 11.9 Å². The Bertz CT molecular complexity index is 151. The largest absolute Gasteiger partial charge is 0.385 e. The van der Waals surface area contributed by atoms with Crippen molar-refractivity contribution in [1.29, 1.82) is 0 Å². The molecule has 0 spiro atoms. The van der Waals surface area contributed by atoms with Crippen LogP contribution in [-0.2, 0) is 9.53 Å². The Morgan fingerprint density at radius 2 is 2.23 bits per heavy atom. The molecule has 2 N–H and O–H groups in total. The van der Waals surface area contributed by atoms with Crippen molar-refractivity contribution in [2.24, 2.45) is 5.73 Å². The van der Waals surface area contributed by atoms with Crippen LogP contribution in [0.3, 0.4) is 0 Å². The van der Waals surface area contributed by atoms with Gasteiger partial charge in [0.1, 0.15) is 0 Å². The molecule has 1 amide bonds. The summed E-state index contributed by atoms with van der Waals surface area (Å²) in [5.41, 5.74) is 5.24. The molecule has 4 heteroatoms. The first-order chi connectivity index (χ1) is 6.13. The fourth-order valence-electron chi connectivity index (χ4n) is 1.34. The van der Waals surface area contributed by atoms with Gasteiger partial charge in [0.2, 0.25) is 5.91 Å². The molecule has 0 aliphatic rings. The number of hydrogen-bond donors (Lipinski definition) is 1. The molecule has 78 valence electrons. The zero-order valence-corrected chi connectivity index (χ0v) is 8.75. The fraction of sp³-hybridized carbons (Fsp3) is 0.889. The number of hydrogen-bond acceptors (Lipinski definition) is 3. The number of carbonyl (C=O) groups is 1. The number of primary amides is 1. The topological polar surface area (TPSA) is 55.6 Å². The standard InChI is InChI=1S/C9H20N2O2/c1-4-8(9(10)12)11(2)6-5-7-13-3/h8H,4-7H2,1-3H3,(H2,10,12). The van der Waals surface area contributed by atoms with E-state index in [1.807, 2.05) is 18.9 Å². The molecule has 0 aliphatic carbocycles. The summed E-state index contributed by atoms with van der Waals surface area (Å²) in [7, 11) is 3.58. The van der Waals surface area contributed by atoms with E-state index in [1.54, 1.807) is 7.11 Å². The second-order valence-electron chi connectivity index (χ2n) is 3.15. The zero-order chi connectivity index (χ0) is 10.3. The van der Waals surface area contributed by atoms with Crippen molar-refractivity contribution in [1.82, 2.24) is 4.90 Å². The molecular weight excluding hydrogens is 168 g/mol. The van der Waals surface area contributed by atoms with Crippen molar-refractivity contribution in [2.75, 3.05) is 27.3 Å². The summed E-state index contributed by atoms with van der Waals surface area (Å²) in [5.74, 6) is -0.248. The van der Waals surface area contributed by atoms with Gasteiger partial charge in [0.15, 0.2) is 0 Å². The SMILES string of the molecule is CCC(C(N)=O)N(C)CCCOC. The maximum absolute atomic E-state index is 11.0. The van der Waals surface area contributed by atoms with E-state index in [1.165, 1.54) is 0 Å². The van der Waals surface area contributed by atoms with Gasteiger partial charge in [-0.05, 0) is 19.9 Å². The number of amides is 1. The molecule has 4 nitrogen and oxygen atoms in total. The molecule has 0 aromatic rings. The Balaban J connectivity index is 3.77. The Kier molecular flexibility index (Phi) is 6.54. The van der Waals surface area contributed by atoms with Crippen LogP contribution in [0.25, 0.3) is 0 Å². The van der Waals surface area contributed by atoms with Crippen LogP contribution in [0, 0.1) is 0 Å². The molecule has 0 rings (SSSR count). The summed E-state index contributed by atoms with van der Waals surface area (Å²) in [6.07, 6.45) is 1.69. The Morgan fingerprint density at radius 3 is 2.62 bits per heavy atom. The smallest absolute Gasteiger partial charge is 0.234 e. The van der Waals surface area contributed by atoms with Crippen molar-refractivity contribution < 1.29 is 9.53 Å². The molecule has 13 heavy (non-hydrogen) atoms. The van der Waals surface area contributed by atoms with Crippen LogP contribution in [0.15, 0.2) is 0 Å². The maximum atomic E-state index is 11.0. The summed E-state index contributed by atoms with van der Waals surface area (Å²) >= 11 is 0. The van der Waals surface area contributed by atoms with Crippen molar-refractivity contribution in [3.63, 3.8) is 0 Å². The molecule has 0 radical (unpaired) electrons. The average molecular weight is 188 g/mol. The number of nitrogens with zero attached hydrogens (tertiary/aromatic N) is 1. The number of nitrogens with two attached hydrogens (primary N) is 1. The highest BCUT2D eigenvalue weighted by molar-refractivity contribution is 5.79. The van der Waals surface area contributed by atoms with E-state index >= 15 is 0 Å². The van der Waals surface area contributed by atoms with Crippen LogP contribution in [0.2, 0.25) is 0 Å². The van der Waals surface area contributed by atoms with Gasteiger partial charge in [-0.1, -0.05) is 6.92 Å². The summed E-state index contributed by atoms with van der Waals surface area (Å²) in [5, 5.41) is 0. The molecule has 1 unspecified atom stereocenters. The zero-order valence-electron chi connectivity index (χ0n) is 8.75. The Morgan fingerprint density at radius 1 is 1.62 bits per heavy atom. The van der Waals surface area contributed by atoms with Crippen molar-refractivity contribution in [3.8, 4) is 0 Å². The van der Waals surface area contributed by atoms with E-state index in [2.05, 4.69) is 0 Å². The molecule has 0 fully saturated rings. The van der Waals surface area contributed by atoms with Crippen molar-refractivity contribution in [2.45, 2.75) is 25.8 Å². The minimum absolute atomic E-state index is 0.142. The Labute approximate surface area is 80.0 Å². The summed E-state index contributed by atoms with van der Waals surface area (Å²) in [6.45, 7) is 3.52. The molecule has 0 heterocycles. The molecule has 0 saturated carbocycles. The predicted octanol–water partition coefficient (Wildman–Crippen LogP) is 0.219. The lowest BCUT2D eigenvalue weighted by Crippen LogP contribution is -2.42. The molecule has 1 atom stereocenters. The Hall–Kier alpha value is -0.610. The fourth-order valence-corrected chi connectivity index (χ4v) is 1.34. The summed E-state index contributed by atoms with van der Waals surface area (Å²) in [4.78, 5) is 12.9. The number of carbonyl (C=O) groups excluding carboxylic acids is 1. The van der Waals surface area contributed by atoms with E-state index in [9.17, 15) is 4.79 Å². The maximum Gasteiger partial charge on any atom is 0.234 e. The number of ether oxygens (including phenoxy) is 1. The second-order valence-corrected chi connectivity index (χ2v) is 3.15. The van der Waals surface area contributed by atoms with Crippen LogP contribution in [0.4, 0.5) is 0 Å². The normalized spacial score (nSPS) is 13.2. The van der Waals surface area contributed by atoms with Crippen LogP contribution in [0.5, 0.6) is 0 Å². The van der Waals surface area contributed by atoms with Gasteiger partial charge in [-0.3, -0.25) is 9.69 Å². The monoisotopic (exact) mass is 188 g/mol. The number of methoxy groups -OCH3 is 1. The quantitative estimate of drug-likeness (QED) is 0.581. The van der Waals surface area contributed by atoms with Gasteiger partial charge >= 0.3 is 0 Å². The molecule has 0 aliphatic heterocycles. The second kappa shape index (κ2) is 6.86. The highest BCUT2D eigenvalue weighted by Gasteiger charge is 2.17. The molecule has 0 saturated heterocycles. The van der Waals surface area contributed by atoms with Gasteiger partial charge in [0.25, 0.3) is 0 Å². The van der Waals surface area contributed by atoms with Crippen molar-refractivity contribution >= 4 is 5.91 Å². The first kappa shape index (κ1) is 12.4. The van der Waals surface area contributed by atoms with Crippen LogP contribution in [0.1, 0.15) is 19.8 Å². The predicted molar refractivity (Wildman–Crippen MR) is 52.4 cm³/mol. The van der Waals surface area contributed by atoms with E-state index < -0.39 is 0 Å². The van der Waals surface area contributed by atoms with E-state index in [0.29, 0.717) is 0 Å². The third-order valence-electron chi connectivity index (χ3n) is 2.11. The van der Waals surface area contributed by atoms with Gasteiger partial charge in [-0.2, -0.15) is 0 Å². The lowest BCUT2D eigenvalue weighted by Gasteiger charge is -2.23. The minimum Gasteiger partial charge on any atom is -0.385 e. The highest BCUT2D eigenvalue weighted by Crippen LogP contribution is 2.01. The summed E-state index contributed by atoms with van der Waals surface area (Å²) < 4.78 is 4.92. The first-order valence-electron chi connectivity index (χ1n) is 4.62. The lowest BCUT2D eigenvalue weighted by atomic mass is 10.2. The molecule has 0 bridgehead atoms. The third-order valence-corrected chi connectivity index (χ3v) is 2.11. The first-order valence-corrected chi connectivity index (χ1v) is 4.62. The third kappa shape index (κ3) is 4.85. The van der Waals surface area contributed by atoms with Crippen LogP contribution in [-0.4, -0.2) is 44.2 Å². The van der Waals surface area contributed by atoms with Gasteiger partial charge < -0.3 is 10.5 Å². The lowest BCUT2D eigenvalue weighted by molar-refractivity contribution is -0.122. The number of rotatable bonds is 7. The van der Waals surface area contributed by atoms with Crippen LogP contribution < -0.4 is 5.73 Å². The van der Waals surface area contributed by atoms with Gasteiger partial charge in [-0.15, -0.1) is 0 Å². The number of likely N-dealkylation sites (N-methyl/N-ethyl adjacent to an activating group) is 1. The van der Waals surface area contributed by atoms with E-state index in [0.717, 1.165) is 26.0 Å². The van der Waals surface area contributed by atoms with Gasteiger partial charge in [0, 0.05) is 20.3 Å². The highest BCUT2D eigenvalue weighted by atomic mass is 16.5. The van der Waals surface area contributed by atoms with Crippen molar-refractivity contribution in [3.05, 3.63) is 0 Å². The van der Waals surface area contributed by atoms with Gasteiger partial charge in [0.05, 0.1) is 6.04 Å². The average Bonchev–Trinajstić information content (AvgIpc) is 2.05. The van der Waals surface area contributed by atoms with E-state index in [4.69, 9.17) is 10.5 Å². The van der Waals surface area contributed by atoms with Crippen LogP contribution >= 0.6 is 0 Å². The molecule has 0 aromatic heterocycles. The minimum atomic E-state index is -0.248. The summed E-state index contributed by atoms with van der Waals surface area (Å²) in [6, 6.07) is -0.142. The molecule has 0 aromatic carbocycles. The molecular formula is C9H20N2O2. The van der Waals surface area contributed by atoms with Gasteiger partial charge in [-0.25, -0.2) is 0 Å².